The van der Waals surface area contributed by atoms with Crippen molar-refractivity contribution in [2.24, 2.45) is 5.73 Å². The van der Waals surface area contributed by atoms with E-state index in [4.69, 9.17) is 22.7 Å². The summed E-state index contributed by atoms with van der Waals surface area (Å²) >= 11 is 4.97. The van der Waals surface area contributed by atoms with Gasteiger partial charge in [-0.05, 0) is 24.3 Å². The molecule has 0 aliphatic rings. The van der Waals surface area contributed by atoms with Crippen LogP contribution in [0.5, 0.6) is 5.75 Å². The highest BCUT2D eigenvalue weighted by atomic mass is 32.1. The number of ether oxygens (including phenoxy) is 1. The largest absolute Gasteiger partial charge is 0.493 e. The van der Waals surface area contributed by atoms with Gasteiger partial charge in [0.25, 0.3) is 0 Å². The van der Waals surface area contributed by atoms with Gasteiger partial charge in [0.2, 0.25) is 0 Å². The maximum atomic E-state index is 5.62. The van der Waals surface area contributed by atoms with Crippen molar-refractivity contribution < 1.29 is 4.74 Å². The van der Waals surface area contributed by atoms with E-state index in [9.17, 15) is 0 Å². The molecular weight excluding hydrogens is 270 g/mol. The third-order valence-corrected chi connectivity index (χ3v) is 3.08. The number of anilines is 2. The van der Waals surface area contributed by atoms with Crippen LogP contribution in [0.1, 0.15) is 6.42 Å². The van der Waals surface area contributed by atoms with Crippen LogP contribution in [0.25, 0.3) is 0 Å². The van der Waals surface area contributed by atoms with Gasteiger partial charge < -0.3 is 15.4 Å². The molecule has 2 N–H and O–H groups in total. The van der Waals surface area contributed by atoms with E-state index in [-0.39, 0.29) is 0 Å². The lowest BCUT2D eigenvalue weighted by Crippen LogP contribution is -2.24. The van der Waals surface area contributed by atoms with Crippen LogP contribution in [0.2, 0.25) is 0 Å². The molecule has 1 aromatic heterocycles. The van der Waals surface area contributed by atoms with Crippen LogP contribution in [0.15, 0.2) is 48.7 Å². The number of hydrogen-bond donors (Lipinski definition) is 1. The van der Waals surface area contributed by atoms with Gasteiger partial charge in [-0.3, -0.25) is 0 Å². The summed E-state index contributed by atoms with van der Waals surface area (Å²) in [4.78, 5) is 6.96. The van der Waals surface area contributed by atoms with E-state index in [1.807, 2.05) is 42.5 Å². The van der Waals surface area contributed by atoms with Crippen LogP contribution in [0, 0.1) is 0 Å². The van der Waals surface area contributed by atoms with Crippen molar-refractivity contribution in [1.29, 1.82) is 0 Å². The standard InChI is InChI=1S/C15H17N3OS/c1-19-13-8-5-10-17-15(13)18(11-9-14(16)20)12-6-3-2-4-7-12/h2-8,10H,9,11H2,1H3,(H2,16,20). The fourth-order valence-electron chi connectivity index (χ4n) is 1.93. The lowest BCUT2D eigenvalue weighted by Gasteiger charge is -2.25. The Labute approximate surface area is 124 Å². The summed E-state index contributed by atoms with van der Waals surface area (Å²) in [5.74, 6) is 1.48. The first-order chi connectivity index (χ1) is 9.72. The van der Waals surface area contributed by atoms with Gasteiger partial charge in [0.1, 0.15) is 0 Å². The molecule has 0 atom stereocenters. The second kappa shape index (κ2) is 6.86. The van der Waals surface area contributed by atoms with E-state index in [1.54, 1.807) is 13.3 Å². The number of nitrogens with two attached hydrogens (primary N) is 1. The molecule has 0 spiro atoms. The molecule has 20 heavy (non-hydrogen) atoms. The van der Waals surface area contributed by atoms with Gasteiger partial charge in [0.15, 0.2) is 11.6 Å². The molecule has 0 unspecified atom stereocenters. The Hall–Kier alpha value is -2.14. The first-order valence-corrected chi connectivity index (χ1v) is 6.73. The summed E-state index contributed by atoms with van der Waals surface area (Å²) in [7, 11) is 1.64. The van der Waals surface area contributed by atoms with Gasteiger partial charge in [-0.2, -0.15) is 0 Å². The maximum Gasteiger partial charge on any atom is 0.175 e. The Morgan fingerprint density at radius 3 is 2.65 bits per heavy atom. The molecular formula is C15H17N3OS. The molecule has 0 bridgehead atoms. The van der Waals surface area contributed by atoms with Crippen molar-refractivity contribution in [1.82, 2.24) is 4.98 Å². The van der Waals surface area contributed by atoms with Gasteiger partial charge in [-0.25, -0.2) is 4.98 Å². The minimum Gasteiger partial charge on any atom is -0.493 e. The number of pyridine rings is 1. The zero-order valence-corrected chi connectivity index (χ0v) is 12.1. The Morgan fingerprint density at radius 2 is 2.00 bits per heavy atom. The van der Waals surface area contributed by atoms with Crippen molar-refractivity contribution in [3.05, 3.63) is 48.7 Å². The molecule has 0 radical (unpaired) electrons. The molecule has 4 nitrogen and oxygen atoms in total. The third kappa shape index (κ3) is 3.45. The second-order valence-electron chi connectivity index (χ2n) is 4.23. The highest BCUT2D eigenvalue weighted by Gasteiger charge is 2.15. The molecule has 2 rings (SSSR count). The zero-order valence-electron chi connectivity index (χ0n) is 11.3. The topological polar surface area (TPSA) is 51.4 Å². The summed E-state index contributed by atoms with van der Waals surface area (Å²) < 4.78 is 5.39. The van der Waals surface area contributed by atoms with E-state index in [1.165, 1.54) is 0 Å². The first-order valence-electron chi connectivity index (χ1n) is 6.32. The number of aromatic nitrogens is 1. The molecule has 2 aromatic rings. The molecule has 104 valence electrons. The molecule has 1 aromatic carbocycles. The smallest absolute Gasteiger partial charge is 0.175 e. The summed E-state index contributed by atoms with van der Waals surface area (Å²) in [6, 6.07) is 13.7. The number of para-hydroxylation sites is 1. The molecule has 0 fully saturated rings. The van der Waals surface area contributed by atoms with Crippen molar-refractivity contribution in [3.63, 3.8) is 0 Å². The van der Waals surface area contributed by atoms with Crippen LogP contribution in [0.4, 0.5) is 11.5 Å². The third-order valence-electron chi connectivity index (χ3n) is 2.88. The van der Waals surface area contributed by atoms with Crippen LogP contribution < -0.4 is 15.4 Å². The molecule has 1 heterocycles. The summed E-state index contributed by atoms with van der Waals surface area (Å²) in [5, 5.41) is 0. The van der Waals surface area contributed by atoms with Crippen LogP contribution in [0.3, 0.4) is 0 Å². The van der Waals surface area contributed by atoms with Gasteiger partial charge in [0.05, 0.1) is 12.1 Å². The molecule has 5 heteroatoms. The highest BCUT2D eigenvalue weighted by molar-refractivity contribution is 7.80. The number of hydrogen-bond acceptors (Lipinski definition) is 4. The Morgan fingerprint density at radius 1 is 1.25 bits per heavy atom. The quantitative estimate of drug-likeness (QED) is 0.828. The van der Waals surface area contributed by atoms with Crippen LogP contribution in [-0.2, 0) is 0 Å². The minimum atomic E-state index is 0.487. The Kier molecular flexibility index (Phi) is 4.90. The summed E-state index contributed by atoms with van der Waals surface area (Å²) in [6.45, 7) is 0.659. The van der Waals surface area contributed by atoms with E-state index < -0.39 is 0 Å². The second-order valence-corrected chi connectivity index (χ2v) is 4.76. The van der Waals surface area contributed by atoms with Gasteiger partial charge in [-0.1, -0.05) is 30.4 Å². The lowest BCUT2D eigenvalue weighted by molar-refractivity contribution is 0.413. The molecule has 0 amide bonds. The number of methoxy groups -OCH3 is 1. The van der Waals surface area contributed by atoms with E-state index >= 15 is 0 Å². The Balaban J connectivity index is 2.38. The maximum absolute atomic E-state index is 5.62. The van der Waals surface area contributed by atoms with Crippen molar-refractivity contribution in [3.8, 4) is 5.75 Å². The zero-order chi connectivity index (χ0) is 14.4. The fourth-order valence-corrected chi connectivity index (χ4v) is 2.02. The molecule has 0 aliphatic carbocycles. The van der Waals surface area contributed by atoms with Crippen molar-refractivity contribution >= 4 is 28.7 Å². The van der Waals surface area contributed by atoms with E-state index in [0.717, 1.165) is 17.3 Å². The van der Waals surface area contributed by atoms with Gasteiger partial charge >= 0.3 is 0 Å². The van der Waals surface area contributed by atoms with Crippen LogP contribution >= 0.6 is 12.2 Å². The Bertz CT molecular complexity index is 574. The van der Waals surface area contributed by atoms with Crippen molar-refractivity contribution in [2.45, 2.75) is 6.42 Å². The first kappa shape index (κ1) is 14.3. The average Bonchev–Trinajstić information content (AvgIpc) is 2.49. The predicted octanol–water partition coefficient (Wildman–Crippen LogP) is 2.90. The summed E-state index contributed by atoms with van der Waals surface area (Å²) in [5.41, 5.74) is 6.65. The normalized spacial score (nSPS) is 10.1. The average molecular weight is 287 g/mol. The minimum absolute atomic E-state index is 0.487. The van der Waals surface area contributed by atoms with Gasteiger partial charge in [0, 0.05) is 24.8 Å². The number of thiocarbonyl (C=S) groups is 1. The SMILES string of the molecule is COc1cccnc1N(CCC(N)=S)c1ccccc1. The monoisotopic (exact) mass is 287 g/mol. The number of nitrogens with zero attached hydrogens (tertiary/aromatic N) is 2. The van der Waals surface area contributed by atoms with Crippen LogP contribution in [-0.4, -0.2) is 23.6 Å². The fraction of sp³-hybridized carbons (Fsp3) is 0.200. The van der Waals surface area contributed by atoms with E-state index in [0.29, 0.717) is 18.0 Å². The van der Waals surface area contributed by atoms with Gasteiger partial charge in [-0.15, -0.1) is 0 Å². The summed E-state index contributed by atoms with van der Waals surface area (Å²) in [6.07, 6.45) is 2.36. The van der Waals surface area contributed by atoms with Crippen molar-refractivity contribution in [2.75, 3.05) is 18.6 Å². The predicted molar refractivity (Wildman–Crippen MR) is 85.6 cm³/mol. The molecule has 0 aliphatic heterocycles. The number of rotatable bonds is 6. The molecule has 0 saturated carbocycles. The highest BCUT2D eigenvalue weighted by Crippen LogP contribution is 2.31. The lowest BCUT2D eigenvalue weighted by atomic mass is 10.2. The number of benzene rings is 1. The molecule has 0 saturated heterocycles. The van der Waals surface area contributed by atoms with E-state index in [2.05, 4.69) is 9.88 Å².